The minimum Gasteiger partial charge on any atom is -0.372 e. The third kappa shape index (κ3) is 2.83. The van der Waals surface area contributed by atoms with Gasteiger partial charge in [0, 0.05) is 32.2 Å². The van der Waals surface area contributed by atoms with Crippen LogP contribution < -0.4 is 4.90 Å². The van der Waals surface area contributed by atoms with Crippen LogP contribution >= 0.6 is 0 Å². The van der Waals surface area contributed by atoms with E-state index in [0.29, 0.717) is 5.56 Å². The number of likely N-dealkylation sites (N-methyl/N-ethyl adjacent to an activating group) is 1. The third-order valence-electron chi connectivity index (χ3n) is 2.82. The maximum atomic E-state index is 9.04. The molecule has 2 aromatic heterocycles. The van der Waals surface area contributed by atoms with Crippen molar-refractivity contribution < 1.29 is 0 Å². The van der Waals surface area contributed by atoms with E-state index in [0.717, 1.165) is 18.7 Å². The molecule has 0 N–H and O–H groups in total. The number of aromatic nitrogens is 2. The number of rotatable bonds is 4. The van der Waals surface area contributed by atoms with Gasteiger partial charge in [0.05, 0.1) is 17.4 Å². The Morgan fingerprint density at radius 1 is 1.17 bits per heavy atom. The zero-order valence-electron chi connectivity index (χ0n) is 10.2. The summed E-state index contributed by atoms with van der Waals surface area (Å²) in [6.45, 7) is 0.838. The minimum absolute atomic E-state index is 0.655. The predicted octanol–water partition coefficient (Wildman–Crippen LogP) is 2.03. The normalized spacial score (nSPS) is 9.78. The smallest absolute Gasteiger partial charge is 0.101 e. The van der Waals surface area contributed by atoms with E-state index in [4.69, 9.17) is 5.26 Å². The number of nitrogens with zero attached hydrogens (tertiary/aromatic N) is 4. The molecule has 2 heterocycles. The maximum Gasteiger partial charge on any atom is 0.101 e. The van der Waals surface area contributed by atoms with Gasteiger partial charge in [-0.25, -0.2) is 0 Å². The number of pyridine rings is 2. The fourth-order valence-corrected chi connectivity index (χ4v) is 1.75. The van der Waals surface area contributed by atoms with E-state index < -0.39 is 0 Å². The number of anilines is 1. The first kappa shape index (κ1) is 12.1. The van der Waals surface area contributed by atoms with Gasteiger partial charge in [0.15, 0.2) is 0 Å². The van der Waals surface area contributed by atoms with E-state index >= 15 is 0 Å². The van der Waals surface area contributed by atoms with Gasteiger partial charge in [-0.3, -0.25) is 9.97 Å². The molecule has 18 heavy (non-hydrogen) atoms. The van der Waals surface area contributed by atoms with Gasteiger partial charge in [-0.05, 0) is 30.2 Å². The molecule has 0 saturated heterocycles. The van der Waals surface area contributed by atoms with Crippen LogP contribution in [0, 0.1) is 11.3 Å². The number of nitriles is 1. The molecule has 0 aliphatic heterocycles. The van der Waals surface area contributed by atoms with Crippen molar-refractivity contribution in [1.82, 2.24) is 9.97 Å². The molecule has 0 radical (unpaired) electrons. The standard InChI is InChI=1S/C14H14N4/c1-18(9-5-12-2-6-16-7-3-12)14-11-17-8-4-13(14)10-15/h2-4,6-8,11H,5,9H2,1H3. The van der Waals surface area contributed by atoms with Crippen molar-refractivity contribution in [3.8, 4) is 6.07 Å². The Labute approximate surface area is 107 Å². The SMILES string of the molecule is CN(CCc1ccncc1)c1cnccc1C#N. The van der Waals surface area contributed by atoms with Gasteiger partial charge in [-0.2, -0.15) is 5.26 Å². The molecule has 0 spiro atoms. The Kier molecular flexibility index (Phi) is 3.87. The first-order valence-corrected chi connectivity index (χ1v) is 5.75. The van der Waals surface area contributed by atoms with E-state index in [1.165, 1.54) is 5.56 Å². The monoisotopic (exact) mass is 238 g/mol. The van der Waals surface area contributed by atoms with Crippen LogP contribution in [0.25, 0.3) is 0 Å². The molecular weight excluding hydrogens is 224 g/mol. The summed E-state index contributed by atoms with van der Waals surface area (Å²) in [5, 5.41) is 9.04. The molecule has 0 aromatic carbocycles. The lowest BCUT2D eigenvalue weighted by Crippen LogP contribution is -2.21. The van der Waals surface area contributed by atoms with E-state index in [2.05, 4.69) is 16.0 Å². The van der Waals surface area contributed by atoms with Crippen LogP contribution in [0.5, 0.6) is 0 Å². The zero-order valence-corrected chi connectivity index (χ0v) is 10.2. The molecule has 0 aliphatic carbocycles. The molecule has 0 fully saturated rings. The van der Waals surface area contributed by atoms with Gasteiger partial charge in [0.25, 0.3) is 0 Å². The molecule has 4 heteroatoms. The van der Waals surface area contributed by atoms with Gasteiger partial charge < -0.3 is 4.90 Å². The first-order valence-electron chi connectivity index (χ1n) is 5.75. The topological polar surface area (TPSA) is 52.8 Å². The lowest BCUT2D eigenvalue weighted by atomic mass is 10.2. The van der Waals surface area contributed by atoms with Crippen LogP contribution in [-0.2, 0) is 6.42 Å². The second-order valence-corrected chi connectivity index (χ2v) is 4.03. The number of hydrogen-bond acceptors (Lipinski definition) is 4. The van der Waals surface area contributed by atoms with Crippen molar-refractivity contribution in [2.75, 3.05) is 18.5 Å². The predicted molar refractivity (Wildman–Crippen MR) is 70.2 cm³/mol. The number of hydrogen-bond donors (Lipinski definition) is 0. The highest BCUT2D eigenvalue weighted by Gasteiger charge is 2.06. The molecule has 0 saturated carbocycles. The average molecular weight is 238 g/mol. The summed E-state index contributed by atoms with van der Waals surface area (Å²) in [5.41, 5.74) is 2.76. The van der Waals surface area contributed by atoms with Gasteiger partial charge in [0.2, 0.25) is 0 Å². The van der Waals surface area contributed by atoms with Crippen molar-refractivity contribution in [3.05, 3.63) is 54.1 Å². The minimum atomic E-state index is 0.655. The summed E-state index contributed by atoms with van der Waals surface area (Å²) in [6.07, 6.45) is 7.86. The van der Waals surface area contributed by atoms with Crippen LogP contribution in [0.3, 0.4) is 0 Å². The molecule has 0 bridgehead atoms. The molecule has 4 nitrogen and oxygen atoms in total. The Balaban J connectivity index is 2.04. The summed E-state index contributed by atoms with van der Waals surface area (Å²) in [6, 6.07) is 7.92. The lowest BCUT2D eigenvalue weighted by Gasteiger charge is -2.19. The zero-order chi connectivity index (χ0) is 12.8. The molecule has 0 unspecified atom stereocenters. The Bertz CT molecular complexity index is 545. The van der Waals surface area contributed by atoms with Crippen LogP contribution in [-0.4, -0.2) is 23.6 Å². The highest BCUT2D eigenvalue weighted by molar-refractivity contribution is 5.57. The van der Waals surface area contributed by atoms with Crippen molar-refractivity contribution in [2.45, 2.75) is 6.42 Å². The van der Waals surface area contributed by atoms with Crippen molar-refractivity contribution >= 4 is 5.69 Å². The van der Waals surface area contributed by atoms with Gasteiger partial charge >= 0.3 is 0 Å². The van der Waals surface area contributed by atoms with Gasteiger partial charge in [-0.15, -0.1) is 0 Å². The van der Waals surface area contributed by atoms with Crippen LogP contribution in [0.4, 0.5) is 5.69 Å². The summed E-state index contributed by atoms with van der Waals surface area (Å²) in [5.74, 6) is 0. The fourth-order valence-electron chi connectivity index (χ4n) is 1.75. The summed E-state index contributed by atoms with van der Waals surface area (Å²) in [4.78, 5) is 10.1. The molecule has 0 atom stereocenters. The average Bonchev–Trinajstić information content (AvgIpc) is 2.45. The molecular formula is C14H14N4. The molecule has 0 amide bonds. The highest BCUT2D eigenvalue weighted by atomic mass is 15.1. The quantitative estimate of drug-likeness (QED) is 0.817. The van der Waals surface area contributed by atoms with Crippen LogP contribution in [0.2, 0.25) is 0 Å². The second kappa shape index (κ2) is 5.78. The van der Waals surface area contributed by atoms with E-state index in [1.54, 1.807) is 30.9 Å². The Morgan fingerprint density at radius 2 is 1.89 bits per heavy atom. The molecule has 2 aromatic rings. The fraction of sp³-hybridized carbons (Fsp3) is 0.214. The van der Waals surface area contributed by atoms with Crippen molar-refractivity contribution in [3.63, 3.8) is 0 Å². The van der Waals surface area contributed by atoms with Crippen molar-refractivity contribution in [2.24, 2.45) is 0 Å². The third-order valence-corrected chi connectivity index (χ3v) is 2.82. The Hall–Kier alpha value is -2.41. The largest absolute Gasteiger partial charge is 0.372 e. The summed E-state index contributed by atoms with van der Waals surface area (Å²) in [7, 11) is 1.97. The van der Waals surface area contributed by atoms with Crippen LogP contribution in [0.15, 0.2) is 43.0 Å². The second-order valence-electron chi connectivity index (χ2n) is 4.03. The summed E-state index contributed by atoms with van der Waals surface area (Å²) < 4.78 is 0. The van der Waals surface area contributed by atoms with Crippen LogP contribution in [0.1, 0.15) is 11.1 Å². The molecule has 90 valence electrons. The van der Waals surface area contributed by atoms with E-state index in [1.807, 2.05) is 24.1 Å². The highest BCUT2D eigenvalue weighted by Crippen LogP contribution is 2.16. The van der Waals surface area contributed by atoms with Gasteiger partial charge in [-0.1, -0.05) is 0 Å². The van der Waals surface area contributed by atoms with Gasteiger partial charge in [0.1, 0.15) is 6.07 Å². The Morgan fingerprint density at radius 3 is 2.61 bits per heavy atom. The first-order chi connectivity index (χ1) is 8.81. The van der Waals surface area contributed by atoms with Crippen molar-refractivity contribution in [1.29, 1.82) is 5.26 Å². The molecule has 2 rings (SSSR count). The van der Waals surface area contributed by atoms with E-state index in [-0.39, 0.29) is 0 Å². The van der Waals surface area contributed by atoms with E-state index in [9.17, 15) is 0 Å². The lowest BCUT2D eigenvalue weighted by molar-refractivity contribution is 0.870. The molecule has 0 aliphatic rings. The maximum absolute atomic E-state index is 9.04. The summed E-state index contributed by atoms with van der Waals surface area (Å²) >= 11 is 0.